The van der Waals surface area contributed by atoms with Gasteiger partial charge in [0.05, 0.1) is 0 Å². The van der Waals surface area contributed by atoms with Crippen LogP contribution in [0.15, 0.2) is 0 Å². The summed E-state index contributed by atoms with van der Waals surface area (Å²) >= 11 is 0. The van der Waals surface area contributed by atoms with Gasteiger partial charge in [0.2, 0.25) is 0 Å². The van der Waals surface area contributed by atoms with Crippen LogP contribution in [0.2, 0.25) is 0 Å². The molecule has 0 aliphatic heterocycles. The molecular formula is C51H98O6. The molecule has 1 atom stereocenters. The highest BCUT2D eigenvalue weighted by Gasteiger charge is 2.19. The van der Waals surface area contributed by atoms with Gasteiger partial charge in [-0.2, -0.15) is 0 Å². The first-order chi connectivity index (χ1) is 27.9. The van der Waals surface area contributed by atoms with Gasteiger partial charge in [-0.3, -0.25) is 14.4 Å². The Morgan fingerprint density at radius 1 is 0.333 bits per heavy atom. The normalized spacial score (nSPS) is 11.9. The van der Waals surface area contributed by atoms with Crippen LogP contribution in [0.5, 0.6) is 0 Å². The molecule has 0 spiro atoms. The summed E-state index contributed by atoms with van der Waals surface area (Å²) in [5.74, 6) is -0.0206. The quantitative estimate of drug-likeness (QED) is 0.0346. The van der Waals surface area contributed by atoms with Crippen LogP contribution in [0.4, 0.5) is 0 Å². The molecule has 0 fully saturated rings. The maximum absolute atomic E-state index is 12.7. The Balaban J connectivity index is 4.20. The molecule has 0 aliphatic rings. The molecule has 0 radical (unpaired) electrons. The zero-order chi connectivity index (χ0) is 41.7. The third kappa shape index (κ3) is 45.3. The summed E-state index contributed by atoms with van der Waals surface area (Å²) in [4.78, 5) is 37.7. The molecule has 0 unspecified atom stereocenters. The molecule has 0 aromatic rings. The Bertz CT molecular complexity index is 857. The summed E-state index contributed by atoms with van der Waals surface area (Å²) in [7, 11) is 0. The van der Waals surface area contributed by atoms with Gasteiger partial charge in [0.1, 0.15) is 13.2 Å². The summed E-state index contributed by atoms with van der Waals surface area (Å²) in [5, 5.41) is 0. The Morgan fingerprint density at radius 3 is 0.860 bits per heavy atom. The number of rotatable bonds is 46. The van der Waals surface area contributed by atoms with Crippen LogP contribution < -0.4 is 0 Å². The molecule has 338 valence electrons. The van der Waals surface area contributed by atoms with Gasteiger partial charge >= 0.3 is 17.9 Å². The van der Waals surface area contributed by atoms with E-state index in [0.717, 1.165) is 63.7 Å². The Morgan fingerprint density at radius 2 is 0.579 bits per heavy atom. The third-order valence-electron chi connectivity index (χ3n) is 11.5. The van der Waals surface area contributed by atoms with Crippen LogP contribution in [0, 0.1) is 5.92 Å². The van der Waals surface area contributed by atoms with E-state index in [-0.39, 0.29) is 31.1 Å². The predicted molar refractivity (Wildman–Crippen MR) is 243 cm³/mol. The first-order valence-corrected chi connectivity index (χ1v) is 25.4. The molecule has 0 N–H and O–H groups in total. The van der Waals surface area contributed by atoms with Crippen molar-refractivity contribution in [2.45, 2.75) is 291 Å². The first-order valence-electron chi connectivity index (χ1n) is 25.4. The zero-order valence-electron chi connectivity index (χ0n) is 38.8. The predicted octanol–water partition coefficient (Wildman–Crippen LogP) is 16.3. The molecule has 0 saturated carbocycles. The van der Waals surface area contributed by atoms with Crippen molar-refractivity contribution in [3.8, 4) is 0 Å². The fourth-order valence-electron chi connectivity index (χ4n) is 7.69. The van der Waals surface area contributed by atoms with E-state index in [1.165, 1.54) is 180 Å². The number of carbonyl (C=O) groups is 3. The average Bonchev–Trinajstić information content (AvgIpc) is 3.19. The van der Waals surface area contributed by atoms with Crippen molar-refractivity contribution < 1.29 is 28.6 Å². The van der Waals surface area contributed by atoms with Gasteiger partial charge in [-0.1, -0.05) is 246 Å². The molecule has 0 amide bonds. The summed E-state index contributed by atoms with van der Waals surface area (Å²) in [5.41, 5.74) is 0. The molecule has 0 aromatic heterocycles. The van der Waals surface area contributed by atoms with E-state index in [2.05, 4.69) is 27.7 Å². The first kappa shape index (κ1) is 55.4. The maximum Gasteiger partial charge on any atom is 0.306 e. The Hall–Kier alpha value is -1.59. The lowest BCUT2D eigenvalue weighted by Crippen LogP contribution is -2.30. The Kier molecular flexibility index (Phi) is 44.2. The summed E-state index contributed by atoms with van der Waals surface area (Å²) < 4.78 is 16.7. The van der Waals surface area contributed by atoms with E-state index >= 15 is 0 Å². The highest BCUT2D eigenvalue weighted by Crippen LogP contribution is 2.17. The minimum absolute atomic E-state index is 0.0633. The maximum atomic E-state index is 12.7. The third-order valence-corrected chi connectivity index (χ3v) is 11.5. The van der Waals surface area contributed by atoms with Crippen LogP contribution in [0.1, 0.15) is 285 Å². The second-order valence-electron chi connectivity index (χ2n) is 17.9. The second kappa shape index (κ2) is 45.5. The van der Waals surface area contributed by atoms with E-state index in [9.17, 15) is 14.4 Å². The largest absolute Gasteiger partial charge is 0.462 e. The van der Waals surface area contributed by atoms with Gasteiger partial charge in [0.15, 0.2) is 6.10 Å². The number of esters is 3. The van der Waals surface area contributed by atoms with E-state index in [1.807, 2.05) is 0 Å². The van der Waals surface area contributed by atoms with E-state index in [0.29, 0.717) is 19.3 Å². The molecule has 0 saturated heterocycles. The number of ether oxygens (including phenoxy) is 3. The molecule has 6 nitrogen and oxygen atoms in total. The number of hydrogen-bond acceptors (Lipinski definition) is 6. The van der Waals surface area contributed by atoms with Gasteiger partial charge in [0.25, 0.3) is 0 Å². The number of hydrogen-bond donors (Lipinski definition) is 0. The lowest BCUT2D eigenvalue weighted by atomic mass is 10.0. The van der Waals surface area contributed by atoms with Gasteiger partial charge in [-0.05, 0) is 25.2 Å². The molecule has 0 aliphatic carbocycles. The lowest BCUT2D eigenvalue weighted by Gasteiger charge is -2.18. The van der Waals surface area contributed by atoms with Gasteiger partial charge in [0, 0.05) is 19.3 Å². The van der Waals surface area contributed by atoms with E-state index in [4.69, 9.17) is 14.2 Å². The van der Waals surface area contributed by atoms with Crippen LogP contribution in [0.25, 0.3) is 0 Å². The molecule has 0 rings (SSSR count). The molecular weight excluding hydrogens is 709 g/mol. The summed E-state index contributed by atoms with van der Waals surface area (Å²) in [6.45, 7) is 8.99. The van der Waals surface area contributed by atoms with Crippen LogP contribution in [-0.4, -0.2) is 37.2 Å². The average molecular weight is 807 g/mol. The van der Waals surface area contributed by atoms with Crippen molar-refractivity contribution in [1.82, 2.24) is 0 Å². The molecule has 0 heterocycles. The van der Waals surface area contributed by atoms with Crippen molar-refractivity contribution in [3.05, 3.63) is 0 Å². The molecule has 0 aromatic carbocycles. The van der Waals surface area contributed by atoms with Crippen molar-refractivity contribution in [2.75, 3.05) is 13.2 Å². The standard InChI is InChI=1S/C51H98O6/c1-5-7-9-11-13-14-15-16-17-18-19-20-24-27-31-35-39-43-50(53)56-46-48(45-55-49(52)42-38-34-29-12-10-8-6-2)57-51(54)44-40-36-32-28-25-22-21-23-26-30-33-37-41-47(3)4/h47-48H,5-46H2,1-4H3/t48-/m1/s1. The Labute approximate surface area is 355 Å². The minimum atomic E-state index is -0.759. The highest BCUT2D eigenvalue weighted by atomic mass is 16.6. The van der Waals surface area contributed by atoms with Crippen LogP contribution in [0.3, 0.4) is 0 Å². The number of carbonyl (C=O) groups excluding carboxylic acids is 3. The summed E-state index contributed by atoms with van der Waals surface area (Å²) in [6, 6.07) is 0. The zero-order valence-corrected chi connectivity index (χ0v) is 38.8. The topological polar surface area (TPSA) is 78.9 Å². The SMILES string of the molecule is CCCCCCCCCCCCCCCCCCCC(=O)OC[C@@H](COC(=O)CCCCCCCCC)OC(=O)CCCCCCCCCCCCCCC(C)C. The van der Waals surface area contributed by atoms with Crippen LogP contribution in [-0.2, 0) is 28.6 Å². The van der Waals surface area contributed by atoms with Gasteiger partial charge < -0.3 is 14.2 Å². The number of unbranched alkanes of at least 4 members (excludes halogenated alkanes) is 33. The molecule has 57 heavy (non-hydrogen) atoms. The highest BCUT2D eigenvalue weighted by molar-refractivity contribution is 5.71. The van der Waals surface area contributed by atoms with Crippen LogP contribution >= 0.6 is 0 Å². The second-order valence-corrected chi connectivity index (χ2v) is 17.9. The van der Waals surface area contributed by atoms with Crippen molar-refractivity contribution in [2.24, 2.45) is 5.92 Å². The van der Waals surface area contributed by atoms with E-state index < -0.39 is 6.10 Å². The fourth-order valence-corrected chi connectivity index (χ4v) is 7.69. The van der Waals surface area contributed by atoms with Crippen molar-refractivity contribution in [1.29, 1.82) is 0 Å². The monoisotopic (exact) mass is 807 g/mol. The molecule has 0 bridgehead atoms. The van der Waals surface area contributed by atoms with Gasteiger partial charge in [-0.15, -0.1) is 0 Å². The van der Waals surface area contributed by atoms with Gasteiger partial charge in [-0.25, -0.2) is 0 Å². The minimum Gasteiger partial charge on any atom is -0.462 e. The lowest BCUT2D eigenvalue weighted by molar-refractivity contribution is -0.167. The fraction of sp³-hybridized carbons (Fsp3) is 0.941. The van der Waals surface area contributed by atoms with E-state index in [1.54, 1.807) is 0 Å². The van der Waals surface area contributed by atoms with Crippen molar-refractivity contribution in [3.63, 3.8) is 0 Å². The molecule has 6 heteroatoms. The van der Waals surface area contributed by atoms with Crippen molar-refractivity contribution >= 4 is 17.9 Å². The summed E-state index contributed by atoms with van der Waals surface area (Å²) in [6.07, 6.45) is 46.7. The smallest absolute Gasteiger partial charge is 0.306 e.